The van der Waals surface area contributed by atoms with Gasteiger partial charge in [0.05, 0.1) is 11.9 Å². The number of hydrazone groups is 1. The van der Waals surface area contributed by atoms with E-state index in [1.165, 1.54) is 22.9 Å². The standard InChI is InChI=1S/C22H27N5O3S/c23-22(30)25-24-12-18-13-31-14-27(18)21(29)19-6-3-9-26(19)20(28)8-7-15-10-16-4-1-2-5-17(16)11-15/h1-2,4-5,10,12,18-19H,3,6-9,11,13-14H2,(H3,23,25,30)/t18-,19+/m1/s1. The summed E-state index contributed by atoms with van der Waals surface area (Å²) in [6, 6.07) is 6.93. The maximum Gasteiger partial charge on any atom is 0.332 e. The van der Waals surface area contributed by atoms with Crippen molar-refractivity contribution in [2.45, 2.75) is 44.2 Å². The molecule has 1 aromatic carbocycles. The lowest BCUT2D eigenvalue weighted by Crippen LogP contribution is -2.50. The Bertz CT molecular complexity index is 931. The molecule has 0 radical (unpaired) electrons. The quantitative estimate of drug-likeness (QED) is 0.520. The largest absolute Gasteiger partial charge is 0.350 e. The third kappa shape index (κ3) is 4.92. The third-order valence-corrected chi connectivity index (χ3v) is 7.01. The first-order valence-corrected chi connectivity index (χ1v) is 11.7. The van der Waals surface area contributed by atoms with Gasteiger partial charge in [0.15, 0.2) is 0 Å². The summed E-state index contributed by atoms with van der Waals surface area (Å²) in [6.07, 6.45) is 7.28. The molecule has 4 rings (SSSR count). The minimum atomic E-state index is -0.743. The minimum absolute atomic E-state index is 0.0418. The van der Waals surface area contributed by atoms with E-state index in [1.54, 1.807) is 21.6 Å². The molecule has 8 nitrogen and oxygen atoms in total. The second-order valence-corrected chi connectivity index (χ2v) is 9.05. The van der Waals surface area contributed by atoms with Crippen LogP contribution >= 0.6 is 11.8 Å². The van der Waals surface area contributed by atoms with Crippen molar-refractivity contribution < 1.29 is 14.4 Å². The number of primary amides is 1. The van der Waals surface area contributed by atoms with Crippen LogP contribution in [0.3, 0.4) is 0 Å². The summed E-state index contributed by atoms with van der Waals surface area (Å²) in [5, 5.41) is 3.81. The number of hydrogen-bond acceptors (Lipinski definition) is 5. The lowest BCUT2D eigenvalue weighted by atomic mass is 10.1. The molecule has 4 amide bonds. The van der Waals surface area contributed by atoms with E-state index in [-0.39, 0.29) is 17.9 Å². The maximum absolute atomic E-state index is 13.2. The highest BCUT2D eigenvalue weighted by Gasteiger charge is 2.39. The van der Waals surface area contributed by atoms with Crippen molar-refractivity contribution in [1.29, 1.82) is 0 Å². The Morgan fingerprint density at radius 3 is 2.90 bits per heavy atom. The highest BCUT2D eigenvalue weighted by atomic mass is 32.2. The number of urea groups is 1. The number of nitrogens with zero attached hydrogens (tertiary/aromatic N) is 3. The Balaban J connectivity index is 1.34. The molecular weight excluding hydrogens is 414 g/mol. The molecule has 164 valence electrons. The number of fused-ring (bicyclic) bond motifs is 1. The van der Waals surface area contributed by atoms with Crippen LogP contribution in [-0.4, -0.2) is 64.1 Å². The number of thioether (sulfide) groups is 1. The zero-order valence-electron chi connectivity index (χ0n) is 17.3. The summed E-state index contributed by atoms with van der Waals surface area (Å²) >= 11 is 1.63. The average Bonchev–Trinajstić information content (AvgIpc) is 3.50. The number of carbonyl (C=O) groups excluding carboxylic acids is 3. The van der Waals surface area contributed by atoms with Crippen molar-refractivity contribution in [3.8, 4) is 0 Å². The summed E-state index contributed by atoms with van der Waals surface area (Å²) in [5.41, 5.74) is 11.0. The molecule has 0 spiro atoms. The predicted octanol–water partition coefficient (Wildman–Crippen LogP) is 1.95. The number of likely N-dealkylation sites (tertiary alicyclic amines) is 1. The Morgan fingerprint density at radius 2 is 2.10 bits per heavy atom. The summed E-state index contributed by atoms with van der Waals surface area (Å²) < 4.78 is 0. The number of allylic oxidation sites excluding steroid dienone is 1. The molecule has 2 aliphatic heterocycles. The van der Waals surface area contributed by atoms with Crippen molar-refractivity contribution >= 4 is 41.9 Å². The summed E-state index contributed by atoms with van der Waals surface area (Å²) in [6.45, 7) is 0.623. The molecule has 0 bridgehead atoms. The van der Waals surface area contributed by atoms with Crippen molar-refractivity contribution in [2.75, 3.05) is 18.2 Å². The van der Waals surface area contributed by atoms with Gasteiger partial charge in [0.1, 0.15) is 6.04 Å². The van der Waals surface area contributed by atoms with Crippen molar-refractivity contribution in [3.05, 3.63) is 41.0 Å². The van der Waals surface area contributed by atoms with E-state index in [0.717, 1.165) is 19.3 Å². The normalized spacial score (nSPS) is 22.6. The van der Waals surface area contributed by atoms with Gasteiger partial charge in [-0.25, -0.2) is 10.2 Å². The van der Waals surface area contributed by atoms with Crippen molar-refractivity contribution in [2.24, 2.45) is 10.8 Å². The molecule has 31 heavy (non-hydrogen) atoms. The van der Waals surface area contributed by atoms with E-state index in [1.807, 2.05) is 12.1 Å². The topological polar surface area (TPSA) is 108 Å². The maximum atomic E-state index is 13.2. The molecule has 1 aliphatic carbocycles. The van der Waals surface area contributed by atoms with E-state index in [9.17, 15) is 14.4 Å². The number of nitrogens with one attached hydrogen (secondary N) is 1. The summed E-state index contributed by atoms with van der Waals surface area (Å²) in [5.74, 6) is 1.25. The van der Waals surface area contributed by atoms with Gasteiger partial charge in [0.2, 0.25) is 11.8 Å². The van der Waals surface area contributed by atoms with E-state index in [2.05, 4.69) is 28.7 Å². The van der Waals surface area contributed by atoms with Crippen LogP contribution in [0.15, 0.2) is 34.9 Å². The average molecular weight is 442 g/mol. The van der Waals surface area contributed by atoms with Crippen LogP contribution in [0.2, 0.25) is 0 Å². The number of nitrogens with two attached hydrogens (primary N) is 1. The van der Waals surface area contributed by atoms with Crippen LogP contribution in [0.25, 0.3) is 6.08 Å². The van der Waals surface area contributed by atoms with Gasteiger partial charge in [-0.1, -0.05) is 35.9 Å². The highest BCUT2D eigenvalue weighted by Crippen LogP contribution is 2.29. The van der Waals surface area contributed by atoms with Crippen molar-refractivity contribution in [3.63, 3.8) is 0 Å². The first kappa shape index (κ1) is 21.4. The minimum Gasteiger partial charge on any atom is -0.350 e. The number of carbonyl (C=O) groups is 3. The van der Waals surface area contributed by atoms with Crippen LogP contribution in [0.5, 0.6) is 0 Å². The first-order chi connectivity index (χ1) is 15.0. The second kappa shape index (κ2) is 9.55. The molecule has 0 aromatic heterocycles. The zero-order valence-corrected chi connectivity index (χ0v) is 18.1. The fourth-order valence-electron chi connectivity index (χ4n) is 4.43. The lowest BCUT2D eigenvalue weighted by Gasteiger charge is -2.29. The van der Waals surface area contributed by atoms with E-state index >= 15 is 0 Å². The van der Waals surface area contributed by atoms with Crippen molar-refractivity contribution in [1.82, 2.24) is 15.2 Å². The van der Waals surface area contributed by atoms with E-state index < -0.39 is 12.1 Å². The van der Waals surface area contributed by atoms with Gasteiger partial charge in [-0.2, -0.15) is 5.10 Å². The Labute approximate surface area is 185 Å². The Kier molecular flexibility index (Phi) is 6.60. The van der Waals surface area contributed by atoms with Crippen LogP contribution in [0.1, 0.15) is 36.8 Å². The molecule has 2 heterocycles. The molecule has 2 saturated heterocycles. The van der Waals surface area contributed by atoms with Gasteiger partial charge in [-0.05, 0) is 36.8 Å². The summed E-state index contributed by atoms with van der Waals surface area (Å²) in [4.78, 5) is 40.5. The molecule has 0 unspecified atom stereocenters. The summed E-state index contributed by atoms with van der Waals surface area (Å²) in [7, 11) is 0. The van der Waals surface area contributed by atoms with Gasteiger partial charge < -0.3 is 15.5 Å². The van der Waals surface area contributed by atoms with E-state index in [0.29, 0.717) is 31.0 Å². The smallest absolute Gasteiger partial charge is 0.332 e. The van der Waals surface area contributed by atoms with Gasteiger partial charge in [-0.15, -0.1) is 11.8 Å². The number of rotatable bonds is 6. The van der Waals surface area contributed by atoms with Gasteiger partial charge in [-0.3, -0.25) is 9.59 Å². The van der Waals surface area contributed by atoms with Gasteiger partial charge in [0, 0.05) is 24.9 Å². The number of benzene rings is 1. The van der Waals surface area contributed by atoms with Gasteiger partial charge >= 0.3 is 6.03 Å². The fraction of sp³-hybridized carbons (Fsp3) is 0.455. The molecule has 2 fully saturated rings. The SMILES string of the molecule is NC(=O)NN=C[C@@H]1CSCN1C(=O)[C@@H]1CCCN1C(=O)CCC1=Cc2ccccc2C1. The first-order valence-electron chi connectivity index (χ1n) is 10.6. The molecule has 3 aliphatic rings. The Hall–Kier alpha value is -2.81. The van der Waals surface area contributed by atoms with E-state index in [4.69, 9.17) is 5.73 Å². The zero-order chi connectivity index (χ0) is 21.8. The number of amides is 4. The molecule has 2 atom stereocenters. The second-order valence-electron chi connectivity index (χ2n) is 8.05. The lowest BCUT2D eigenvalue weighted by molar-refractivity contribution is -0.143. The molecule has 0 saturated carbocycles. The number of hydrogen-bond donors (Lipinski definition) is 2. The third-order valence-electron chi connectivity index (χ3n) is 5.97. The molecule has 1 aromatic rings. The highest BCUT2D eigenvalue weighted by molar-refractivity contribution is 7.99. The molecule has 9 heteroatoms. The van der Waals surface area contributed by atoms with Crippen LogP contribution in [-0.2, 0) is 16.0 Å². The molecular formula is C22H27N5O3S. The van der Waals surface area contributed by atoms with Crippen LogP contribution < -0.4 is 11.2 Å². The molecule has 3 N–H and O–H groups in total. The van der Waals surface area contributed by atoms with Gasteiger partial charge in [0.25, 0.3) is 0 Å². The monoisotopic (exact) mass is 441 g/mol. The fourth-order valence-corrected chi connectivity index (χ4v) is 5.56. The van der Waals surface area contributed by atoms with Crippen LogP contribution in [0, 0.1) is 0 Å². The Morgan fingerprint density at radius 1 is 1.26 bits per heavy atom. The predicted molar refractivity (Wildman–Crippen MR) is 121 cm³/mol. The van der Waals surface area contributed by atoms with Crippen LogP contribution in [0.4, 0.5) is 4.79 Å².